The molecule has 2 amide bonds. The van der Waals surface area contributed by atoms with E-state index >= 15 is 0 Å². The van der Waals surface area contributed by atoms with Gasteiger partial charge in [-0.15, -0.1) is 0 Å². The monoisotopic (exact) mass is 560 g/mol. The number of carbonyl (C=O) groups excluding carboxylic acids is 2. The molecule has 1 heterocycles. The Morgan fingerprint density at radius 1 is 1.05 bits per heavy atom. The summed E-state index contributed by atoms with van der Waals surface area (Å²) in [5.41, 5.74) is 2.57. The molecule has 0 aliphatic heterocycles. The number of fused-ring (bicyclic) bond motifs is 1. The summed E-state index contributed by atoms with van der Waals surface area (Å²) in [6.07, 6.45) is 3.96. The van der Waals surface area contributed by atoms with Crippen LogP contribution in [0.1, 0.15) is 45.7 Å². The van der Waals surface area contributed by atoms with E-state index in [1.54, 1.807) is 25.1 Å². The number of hydrogen-bond donors (Lipinski definition) is 3. The number of amides is 2. The number of nitrogens with one attached hydrogen (secondary N) is 2. The van der Waals surface area contributed by atoms with Gasteiger partial charge in [-0.1, -0.05) is 82.3 Å². The van der Waals surface area contributed by atoms with E-state index in [9.17, 15) is 19.5 Å². The van der Waals surface area contributed by atoms with Crippen LogP contribution in [0.15, 0.2) is 72.4 Å². The number of likely N-dealkylation sites (N-methyl/N-ethyl adjacent to an activating group) is 2. The topological polar surface area (TPSA) is 104 Å². The number of para-hydroxylation sites is 1. The van der Waals surface area contributed by atoms with Crippen molar-refractivity contribution in [1.82, 2.24) is 20.1 Å². The molecule has 3 atom stereocenters. The molecule has 3 N–H and O–H groups in total. The number of aliphatic carboxylic acids is 1. The van der Waals surface area contributed by atoms with Crippen LogP contribution in [0.5, 0.6) is 0 Å². The number of nitrogens with zero attached hydrogens (tertiary/aromatic N) is 2. The van der Waals surface area contributed by atoms with E-state index in [2.05, 4.69) is 33.5 Å². The van der Waals surface area contributed by atoms with Crippen LogP contribution in [-0.2, 0) is 33.3 Å². The molecule has 0 fully saturated rings. The highest BCUT2D eigenvalue weighted by Gasteiger charge is 2.39. The minimum Gasteiger partial charge on any atom is -0.478 e. The third kappa shape index (κ3) is 7.06. The summed E-state index contributed by atoms with van der Waals surface area (Å²) in [5, 5.41) is 16.8. The van der Waals surface area contributed by atoms with Crippen LogP contribution in [0.3, 0.4) is 0 Å². The quantitative estimate of drug-likeness (QED) is 0.287. The molecule has 3 rings (SSSR count). The molecule has 8 nitrogen and oxygen atoms in total. The average Bonchev–Trinajstić information content (AvgIpc) is 3.28. The Hall–Kier alpha value is -3.91. The summed E-state index contributed by atoms with van der Waals surface area (Å²) >= 11 is 0. The van der Waals surface area contributed by atoms with Crippen molar-refractivity contribution in [3.63, 3.8) is 0 Å². The second-order valence-corrected chi connectivity index (χ2v) is 11.7. The van der Waals surface area contributed by atoms with E-state index in [-0.39, 0.29) is 23.3 Å². The summed E-state index contributed by atoms with van der Waals surface area (Å²) in [7, 11) is 5.41. The van der Waals surface area contributed by atoms with Gasteiger partial charge >= 0.3 is 5.97 Å². The van der Waals surface area contributed by atoms with Gasteiger partial charge in [-0.25, -0.2) is 4.79 Å². The summed E-state index contributed by atoms with van der Waals surface area (Å²) in [5.74, 6) is -1.64. The number of aromatic nitrogens is 1. The van der Waals surface area contributed by atoms with Gasteiger partial charge in [0, 0.05) is 48.6 Å². The van der Waals surface area contributed by atoms with E-state index in [0.29, 0.717) is 6.42 Å². The molecular weight excluding hydrogens is 516 g/mol. The molecule has 0 bridgehead atoms. The zero-order valence-electron chi connectivity index (χ0n) is 25.4. The van der Waals surface area contributed by atoms with Crippen molar-refractivity contribution in [2.45, 2.75) is 64.6 Å². The van der Waals surface area contributed by atoms with Crippen molar-refractivity contribution in [2.24, 2.45) is 13.0 Å². The smallest absolute Gasteiger partial charge is 0.331 e. The Morgan fingerprint density at radius 3 is 2.24 bits per heavy atom. The minimum atomic E-state index is -1.03. The van der Waals surface area contributed by atoms with Crippen LogP contribution in [0, 0.1) is 5.92 Å². The van der Waals surface area contributed by atoms with E-state index in [1.165, 1.54) is 6.92 Å². The molecule has 1 aromatic heterocycles. The molecule has 0 aliphatic carbocycles. The van der Waals surface area contributed by atoms with Crippen molar-refractivity contribution in [2.75, 3.05) is 14.1 Å². The second kappa shape index (κ2) is 13.2. The second-order valence-electron chi connectivity index (χ2n) is 11.7. The minimum absolute atomic E-state index is 0.0401. The highest BCUT2D eigenvalue weighted by molar-refractivity contribution is 5.93. The van der Waals surface area contributed by atoms with Crippen LogP contribution in [0.2, 0.25) is 0 Å². The SMILES string of the molecule is CNC(C(=O)NC(Cc1ccccc1)C(=O)N(C)C(/C=C(\C)C(=O)O)C(C)C)C(C)(C)c1cn(C)c2ccccc12. The lowest BCUT2D eigenvalue weighted by Gasteiger charge is -2.36. The lowest BCUT2D eigenvalue weighted by Crippen LogP contribution is -2.59. The zero-order valence-corrected chi connectivity index (χ0v) is 25.4. The van der Waals surface area contributed by atoms with Gasteiger partial charge in [-0.05, 0) is 37.1 Å². The van der Waals surface area contributed by atoms with Gasteiger partial charge in [0.05, 0.1) is 12.1 Å². The molecule has 0 aliphatic rings. The number of rotatable bonds is 12. The summed E-state index contributed by atoms with van der Waals surface area (Å²) in [4.78, 5) is 41.1. The third-order valence-electron chi connectivity index (χ3n) is 8.00. The van der Waals surface area contributed by atoms with Gasteiger partial charge in [-0.3, -0.25) is 9.59 Å². The standard InChI is InChI=1S/C33H44N4O4/c1-21(2)28(18-22(3)32(40)41)37(8)31(39)26(19-23-14-10-9-11-15-23)35-30(38)29(34-6)33(4,5)25-20-36(7)27-17-13-12-16-24(25)27/h9-18,20-21,26,28-29,34H,19H2,1-8H3,(H,35,38)(H,40,41)/b22-18+. The molecule has 8 heteroatoms. The van der Waals surface area contributed by atoms with E-state index in [0.717, 1.165) is 22.0 Å². The van der Waals surface area contributed by atoms with Gasteiger partial charge in [0.2, 0.25) is 11.8 Å². The first-order valence-corrected chi connectivity index (χ1v) is 14.0. The zero-order chi connectivity index (χ0) is 30.5. The first kappa shape index (κ1) is 31.6. The largest absolute Gasteiger partial charge is 0.478 e. The summed E-state index contributed by atoms with van der Waals surface area (Å²) < 4.78 is 2.06. The summed E-state index contributed by atoms with van der Waals surface area (Å²) in [6, 6.07) is 15.7. The fourth-order valence-corrected chi connectivity index (χ4v) is 5.61. The number of carboxylic acids is 1. The molecule has 0 radical (unpaired) electrons. The highest BCUT2D eigenvalue weighted by atomic mass is 16.4. The molecule has 3 unspecified atom stereocenters. The fraction of sp³-hybridized carbons (Fsp3) is 0.424. The lowest BCUT2D eigenvalue weighted by molar-refractivity contribution is -0.138. The van der Waals surface area contributed by atoms with Gasteiger partial charge in [-0.2, -0.15) is 0 Å². The molecule has 0 saturated heterocycles. The maximum atomic E-state index is 14.0. The van der Waals surface area contributed by atoms with Gasteiger partial charge in [0.1, 0.15) is 6.04 Å². The number of aryl methyl sites for hydroxylation is 1. The first-order chi connectivity index (χ1) is 19.3. The number of hydrogen-bond acceptors (Lipinski definition) is 4. The van der Waals surface area contributed by atoms with Crippen molar-refractivity contribution in [3.8, 4) is 0 Å². The van der Waals surface area contributed by atoms with Crippen LogP contribution >= 0.6 is 0 Å². The molecule has 0 spiro atoms. The van der Waals surface area contributed by atoms with Crippen LogP contribution in [0.4, 0.5) is 0 Å². The molecular formula is C33H44N4O4. The van der Waals surface area contributed by atoms with Crippen LogP contribution in [0.25, 0.3) is 10.9 Å². The Balaban J connectivity index is 1.97. The molecule has 0 saturated carbocycles. The van der Waals surface area contributed by atoms with Crippen molar-refractivity contribution in [1.29, 1.82) is 0 Å². The molecule has 220 valence electrons. The Morgan fingerprint density at radius 2 is 1.66 bits per heavy atom. The first-order valence-electron chi connectivity index (χ1n) is 14.0. The number of carbonyl (C=O) groups is 3. The van der Waals surface area contributed by atoms with E-state index < -0.39 is 29.5 Å². The van der Waals surface area contributed by atoms with E-state index in [4.69, 9.17) is 0 Å². The lowest BCUT2D eigenvalue weighted by atomic mass is 9.77. The van der Waals surface area contributed by atoms with Crippen LogP contribution in [-0.4, -0.2) is 64.6 Å². The van der Waals surface area contributed by atoms with Crippen LogP contribution < -0.4 is 10.6 Å². The van der Waals surface area contributed by atoms with E-state index in [1.807, 2.05) is 77.2 Å². The fourth-order valence-electron chi connectivity index (χ4n) is 5.61. The average molecular weight is 561 g/mol. The maximum Gasteiger partial charge on any atom is 0.331 e. The number of benzene rings is 2. The Bertz CT molecular complexity index is 1410. The predicted molar refractivity (Wildman–Crippen MR) is 164 cm³/mol. The maximum absolute atomic E-state index is 14.0. The van der Waals surface area contributed by atoms with Crippen molar-refractivity contribution in [3.05, 3.63) is 83.6 Å². The van der Waals surface area contributed by atoms with Crippen molar-refractivity contribution >= 4 is 28.7 Å². The molecule has 2 aromatic carbocycles. The Labute approximate surface area is 243 Å². The summed E-state index contributed by atoms with van der Waals surface area (Å²) in [6.45, 7) is 9.46. The normalized spacial score (nSPS) is 14.5. The highest BCUT2D eigenvalue weighted by Crippen LogP contribution is 2.34. The third-order valence-corrected chi connectivity index (χ3v) is 8.00. The Kier molecular flexibility index (Phi) is 10.2. The van der Waals surface area contributed by atoms with Crippen molar-refractivity contribution < 1.29 is 19.5 Å². The van der Waals surface area contributed by atoms with Gasteiger partial charge in [0.15, 0.2) is 0 Å². The molecule has 41 heavy (non-hydrogen) atoms. The van der Waals surface area contributed by atoms with Gasteiger partial charge < -0.3 is 25.2 Å². The molecule has 3 aromatic rings. The predicted octanol–water partition coefficient (Wildman–Crippen LogP) is 4.29. The number of carboxylic acid groups (broad SMARTS) is 1. The van der Waals surface area contributed by atoms with Gasteiger partial charge in [0.25, 0.3) is 0 Å².